The van der Waals surface area contributed by atoms with E-state index in [1.165, 1.54) is 11.1 Å². The maximum absolute atomic E-state index is 12.0. The Bertz CT molecular complexity index is 751. The molecule has 2 aliphatic heterocycles. The number of carbonyl (C=O) groups is 1. The molecule has 0 aromatic heterocycles. The highest BCUT2D eigenvalue weighted by molar-refractivity contribution is 5.80. The van der Waals surface area contributed by atoms with Gasteiger partial charge >= 0.3 is 0 Å². The Kier molecular flexibility index (Phi) is 8.36. The van der Waals surface area contributed by atoms with Crippen LogP contribution in [0.25, 0.3) is 0 Å². The van der Waals surface area contributed by atoms with Crippen LogP contribution in [0.1, 0.15) is 36.8 Å². The molecule has 3 fully saturated rings. The molecule has 1 aromatic carbocycles. The van der Waals surface area contributed by atoms with Gasteiger partial charge in [0.2, 0.25) is 5.91 Å². The average Bonchev–Trinajstić information content (AvgIpc) is 3.64. The van der Waals surface area contributed by atoms with Gasteiger partial charge in [-0.15, -0.1) is 0 Å². The third-order valence-electron chi connectivity index (χ3n) is 6.32. The van der Waals surface area contributed by atoms with Crippen LogP contribution in [0.5, 0.6) is 0 Å². The largest absolute Gasteiger partial charge is 0.381 e. The molecule has 1 saturated carbocycles. The number of rotatable bonds is 8. The lowest BCUT2D eigenvalue weighted by atomic mass is 10.1. The molecule has 2 saturated heterocycles. The second kappa shape index (κ2) is 11.6. The number of carbonyl (C=O) groups excluding carboxylic acids is 1. The molecule has 0 atom stereocenters. The van der Waals surface area contributed by atoms with Crippen molar-refractivity contribution in [3.63, 3.8) is 0 Å². The molecule has 1 aliphatic carbocycles. The summed E-state index contributed by atoms with van der Waals surface area (Å²) in [5, 5.41) is 6.55. The number of guanidine groups is 1. The molecule has 2 N–H and O–H groups in total. The summed E-state index contributed by atoms with van der Waals surface area (Å²) in [5.41, 5.74) is 2.42. The van der Waals surface area contributed by atoms with Crippen LogP contribution in [0.15, 0.2) is 29.3 Å². The molecule has 0 bridgehead atoms. The molecular formula is C24H37N5O3. The van der Waals surface area contributed by atoms with Gasteiger partial charge in [-0.2, -0.15) is 0 Å². The Morgan fingerprint density at radius 3 is 2.41 bits per heavy atom. The van der Waals surface area contributed by atoms with Crippen molar-refractivity contribution >= 4 is 11.9 Å². The van der Waals surface area contributed by atoms with Gasteiger partial charge < -0.3 is 25.0 Å². The number of piperazine rings is 1. The maximum atomic E-state index is 12.0. The first-order valence-corrected chi connectivity index (χ1v) is 11.9. The molecule has 3 aliphatic rings. The fourth-order valence-electron chi connectivity index (χ4n) is 4.15. The first-order chi connectivity index (χ1) is 15.7. The van der Waals surface area contributed by atoms with Crippen LogP contribution in [0.3, 0.4) is 0 Å². The van der Waals surface area contributed by atoms with Crippen LogP contribution in [-0.4, -0.2) is 86.8 Å². The number of ether oxygens (including phenoxy) is 2. The van der Waals surface area contributed by atoms with Crippen molar-refractivity contribution in [2.24, 2.45) is 4.99 Å². The Morgan fingerprint density at radius 2 is 1.75 bits per heavy atom. The quantitative estimate of drug-likeness (QED) is 0.467. The van der Waals surface area contributed by atoms with Crippen molar-refractivity contribution in [1.82, 2.24) is 20.4 Å². The number of aliphatic imine (C=N–C) groups is 1. The van der Waals surface area contributed by atoms with Gasteiger partial charge in [-0.25, -0.2) is 0 Å². The maximum Gasteiger partial charge on any atom is 0.234 e. The topological polar surface area (TPSA) is 78.4 Å². The van der Waals surface area contributed by atoms with Crippen molar-refractivity contribution in [2.75, 3.05) is 53.0 Å². The molecule has 8 heteroatoms. The van der Waals surface area contributed by atoms with Crippen LogP contribution in [-0.2, 0) is 27.4 Å². The average molecular weight is 444 g/mol. The van der Waals surface area contributed by atoms with Crippen molar-refractivity contribution in [2.45, 2.75) is 51.0 Å². The zero-order chi connectivity index (χ0) is 22.2. The van der Waals surface area contributed by atoms with Crippen LogP contribution in [0, 0.1) is 0 Å². The second-order valence-electron chi connectivity index (χ2n) is 8.94. The number of hydrogen-bond acceptors (Lipinski definition) is 5. The summed E-state index contributed by atoms with van der Waals surface area (Å²) in [5.74, 6) is 1.07. The Labute approximate surface area is 191 Å². The predicted molar refractivity (Wildman–Crippen MR) is 124 cm³/mol. The highest BCUT2D eigenvalue weighted by Crippen LogP contribution is 2.18. The van der Waals surface area contributed by atoms with E-state index in [2.05, 4.69) is 49.7 Å². The summed E-state index contributed by atoms with van der Waals surface area (Å²) in [7, 11) is 1.83. The van der Waals surface area contributed by atoms with E-state index in [9.17, 15) is 4.79 Å². The second-order valence-corrected chi connectivity index (χ2v) is 8.94. The van der Waals surface area contributed by atoms with E-state index >= 15 is 0 Å². The minimum Gasteiger partial charge on any atom is -0.381 e. The van der Waals surface area contributed by atoms with Crippen LogP contribution in [0.2, 0.25) is 0 Å². The van der Waals surface area contributed by atoms with Gasteiger partial charge in [0.05, 0.1) is 19.3 Å². The van der Waals surface area contributed by atoms with Crippen LogP contribution >= 0.6 is 0 Å². The first-order valence-electron chi connectivity index (χ1n) is 11.9. The van der Waals surface area contributed by atoms with Crippen LogP contribution in [0.4, 0.5) is 0 Å². The van der Waals surface area contributed by atoms with Crippen molar-refractivity contribution in [1.29, 1.82) is 0 Å². The molecule has 0 unspecified atom stereocenters. The zero-order valence-electron chi connectivity index (χ0n) is 19.2. The van der Waals surface area contributed by atoms with Gasteiger partial charge in [-0.1, -0.05) is 24.3 Å². The van der Waals surface area contributed by atoms with Crippen molar-refractivity contribution in [3.8, 4) is 0 Å². The zero-order valence-corrected chi connectivity index (χ0v) is 19.2. The van der Waals surface area contributed by atoms with E-state index in [0.29, 0.717) is 25.3 Å². The summed E-state index contributed by atoms with van der Waals surface area (Å²) in [4.78, 5) is 21.0. The Morgan fingerprint density at radius 1 is 1.06 bits per heavy atom. The third kappa shape index (κ3) is 7.18. The minimum absolute atomic E-state index is 0.157. The van der Waals surface area contributed by atoms with Crippen molar-refractivity contribution < 1.29 is 14.3 Å². The minimum atomic E-state index is 0.157. The monoisotopic (exact) mass is 443 g/mol. The normalized spacial score (nSPS) is 20.9. The SMILES string of the molecule is CN=C(NCc1ccc(COC2CCOCC2)cc1)N1CCN(CC(=O)NC2CC2)CC1. The molecule has 1 aromatic rings. The Hall–Kier alpha value is -2.16. The fourth-order valence-corrected chi connectivity index (χ4v) is 4.15. The third-order valence-corrected chi connectivity index (χ3v) is 6.32. The summed E-state index contributed by atoms with van der Waals surface area (Å²) in [6.07, 6.45) is 4.57. The van der Waals surface area contributed by atoms with Gasteiger partial charge in [0.25, 0.3) is 0 Å². The molecule has 32 heavy (non-hydrogen) atoms. The van der Waals surface area contributed by atoms with Gasteiger partial charge in [0, 0.05) is 59.0 Å². The molecule has 1 amide bonds. The molecule has 4 rings (SSSR count). The lowest BCUT2D eigenvalue weighted by Crippen LogP contribution is -2.54. The number of nitrogens with zero attached hydrogens (tertiary/aromatic N) is 3. The van der Waals surface area contributed by atoms with Gasteiger partial charge in [0.1, 0.15) is 0 Å². The van der Waals surface area contributed by atoms with E-state index in [4.69, 9.17) is 9.47 Å². The van der Waals surface area contributed by atoms with Crippen LogP contribution < -0.4 is 10.6 Å². The lowest BCUT2D eigenvalue weighted by Gasteiger charge is -2.36. The number of hydrogen-bond donors (Lipinski definition) is 2. The summed E-state index contributed by atoms with van der Waals surface area (Å²) < 4.78 is 11.4. The highest BCUT2D eigenvalue weighted by Gasteiger charge is 2.25. The van der Waals surface area contributed by atoms with Gasteiger partial charge in [0.15, 0.2) is 5.96 Å². The summed E-state index contributed by atoms with van der Waals surface area (Å²) in [6.45, 7) is 7.00. The van der Waals surface area contributed by atoms with E-state index in [1.54, 1.807) is 0 Å². The standard InChI is InChI=1S/C24H37N5O3/c1-25-24(29-12-10-28(11-13-29)17-23(30)27-21-6-7-21)26-16-19-2-4-20(5-3-19)18-32-22-8-14-31-15-9-22/h2-5,21-22H,6-18H2,1H3,(H,25,26)(H,27,30). The number of benzene rings is 1. The number of nitrogens with one attached hydrogen (secondary N) is 2. The van der Waals surface area contributed by atoms with Gasteiger partial charge in [-0.05, 0) is 36.8 Å². The first kappa shape index (κ1) is 23.0. The highest BCUT2D eigenvalue weighted by atomic mass is 16.5. The number of amides is 1. The molecule has 176 valence electrons. The smallest absolute Gasteiger partial charge is 0.234 e. The molecule has 8 nitrogen and oxygen atoms in total. The van der Waals surface area contributed by atoms with E-state index in [1.807, 2.05) is 7.05 Å². The Balaban J connectivity index is 1.16. The molecule has 0 spiro atoms. The summed E-state index contributed by atoms with van der Waals surface area (Å²) in [6, 6.07) is 9.02. The van der Waals surface area contributed by atoms with Gasteiger partial charge in [-0.3, -0.25) is 14.7 Å². The van der Waals surface area contributed by atoms with E-state index in [-0.39, 0.29) is 5.91 Å². The molecule has 2 heterocycles. The molecule has 0 radical (unpaired) electrons. The van der Waals surface area contributed by atoms with E-state index in [0.717, 1.165) is 77.6 Å². The lowest BCUT2D eigenvalue weighted by molar-refractivity contribution is -0.122. The predicted octanol–water partition coefficient (Wildman–Crippen LogP) is 1.35. The molecular weight excluding hydrogens is 406 g/mol. The van der Waals surface area contributed by atoms with E-state index < -0.39 is 0 Å². The van der Waals surface area contributed by atoms with Crippen molar-refractivity contribution in [3.05, 3.63) is 35.4 Å². The fraction of sp³-hybridized carbons (Fsp3) is 0.667. The summed E-state index contributed by atoms with van der Waals surface area (Å²) >= 11 is 0.